The summed E-state index contributed by atoms with van der Waals surface area (Å²) in [7, 11) is 0. The van der Waals surface area contributed by atoms with Crippen molar-refractivity contribution in [2.75, 3.05) is 0 Å². The van der Waals surface area contributed by atoms with Crippen molar-refractivity contribution < 1.29 is 0 Å². The van der Waals surface area contributed by atoms with Crippen molar-refractivity contribution in [2.24, 2.45) is 5.92 Å². The first kappa shape index (κ1) is 10.5. The SMILES string of the molecule is C=C1CCCCC[C@@H]1Cc1ccccc1. The zero-order valence-electron chi connectivity index (χ0n) is 9.41. The Morgan fingerprint density at radius 2 is 1.87 bits per heavy atom. The predicted molar refractivity (Wildman–Crippen MR) is 65.9 cm³/mol. The molecule has 2 rings (SSSR count). The van der Waals surface area contributed by atoms with Crippen molar-refractivity contribution in [1.29, 1.82) is 0 Å². The fourth-order valence-corrected chi connectivity index (χ4v) is 2.47. The van der Waals surface area contributed by atoms with Crippen molar-refractivity contribution >= 4 is 0 Å². The van der Waals surface area contributed by atoms with Gasteiger partial charge in [-0.15, -0.1) is 0 Å². The molecule has 1 aliphatic carbocycles. The lowest BCUT2D eigenvalue weighted by Gasteiger charge is -2.16. The van der Waals surface area contributed by atoms with Gasteiger partial charge in [0, 0.05) is 0 Å². The number of hydrogen-bond donors (Lipinski definition) is 0. The molecule has 0 saturated heterocycles. The molecule has 0 aliphatic heterocycles. The average Bonchev–Trinajstić information content (AvgIpc) is 2.46. The minimum Gasteiger partial charge on any atom is -0.0996 e. The third kappa shape index (κ3) is 2.95. The summed E-state index contributed by atoms with van der Waals surface area (Å²) in [4.78, 5) is 0. The Morgan fingerprint density at radius 1 is 1.07 bits per heavy atom. The number of hydrogen-bond acceptors (Lipinski definition) is 0. The second-order valence-corrected chi connectivity index (χ2v) is 4.64. The Kier molecular flexibility index (Phi) is 3.60. The van der Waals surface area contributed by atoms with Crippen LogP contribution in [0.5, 0.6) is 0 Å². The van der Waals surface area contributed by atoms with E-state index in [-0.39, 0.29) is 0 Å². The summed E-state index contributed by atoms with van der Waals surface area (Å²) < 4.78 is 0. The number of rotatable bonds is 2. The highest BCUT2D eigenvalue weighted by Gasteiger charge is 2.15. The highest BCUT2D eigenvalue weighted by Crippen LogP contribution is 2.29. The summed E-state index contributed by atoms with van der Waals surface area (Å²) in [6.07, 6.45) is 7.91. The van der Waals surface area contributed by atoms with E-state index in [4.69, 9.17) is 0 Å². The maximum atomic E-state index is 4.25. The van der Waals surface area contributed by atoms with Crippen LogP contribution in [0.25, 0.3) is 0 Å². The second kappa shape index (κ2) is 5.16. The maximum absolute atomic E-state index is 4.25. The Morgan fingerprint density at radius 3 is 2.67 bits per heavy atom. The lowest BCUT2D eigenvalue weighted by molar-refractivity contribution is 0.547. The molecule has 1 atom stereocenters. The molecule has 1 fully saturated rings. The van der Waals surface area contributed by atoms with Gasteiger partial charge in [-0.2, -0.15) is 0 Å². The molecule has 0 aromatic heterocycles. The van der Waals surface area contributed by atoms with Crippen LogP contribution >= 0.6 is 0 Å². The Hall–Kier alpha value is -1.04. The molecule has 0 heterocycles. The minimum atomic E-state index is 0.731. The van der Waals surface area contributed by atoms with Crippen molar-refractivity contribution in [3.05, 3.63) is 48.0 Å². The first-order valence-corrected chi connectivity index (χ1v) is 6.08. The fourth-order valence-electron chi connectivity index (χ4n) is 2.47. The molecule has 0 heteroatoms. The Bertz CT molecular complexity index is 310. The fraction of sp³-hybridized carbons (Fsp3) is 0.467. The third-order valence-corrected chi connectivity index (χ3v) is 3.45. The lowest BCUT2D eigenvalue weighted by Crippen LogP contribution is -2.05. The Labute approximate surface area is 93.0 Å². The van der Waals surface area contributed by atoms with Gasteiger partial charge in [-0.1, -0.05) is 55.3 Å². The quantitative estimate of drug-likeness (QED) is 0.491. The van der Waals surface area contributed by atoms with Gasteiger partial charge in [-0.05, 0) is 37.2 Å². The van der Waals surface area contributed by atoms with E-state index in [1.54, 1.807) is 0 Å². The molecule has 0 unspecified atom stereocenters. The van der Waals surface area contributed by atoms with E-state index < -0.39 is 0 Å². The van der Waals surface area contributed by atoms with Gasteiger partial charge in [0.15, 0.2) is 0 Å². The lowest BCUT2D eigenvalue weighted by atomic mass is 9.89. The van der Waals surface area contributed by atoms with Gasteiger partial charge >= 0.3 is 0 Å². The highest BCUT2D eigenvalue weighted by molar-refractivity contribution is 5.18. The first-order chi connectivity index (χ1) is 7.36. The maximum Gasteiger partial charge on any atom is -0.0165 e. The number of benzene rings is 1. The van der Waals surface area contributed by atoms with Crippen LogP contribution in [0.15, 0.2) is 42.5 Å². The molecular weight excluding hydrogens is 180 g/mol. The van der Waals surface area contributed by atoms with Gasteiger partial charge < -0.3 is 0 Å². The summed E-state index contributed by atoms with van der Waals surface area (Å²) in [6.45, 7) is 4.25. The van der Waals surface area contributed by atoms with E-state index in [9.17, 15) is 0 Å². The standard InChI is InChI=1S/C15H20/c1-13-8-4-2-7-11-15(13)12-14-9-5-3-6-10-14/h3,5-6,9-10,15H,1-2,4,7-8,11-12H2/t15-/m1/s1. The van der Waals surface area contributed by atoms with E-state index in [0.29, 0.717) is 0 Å². The van der Waals surface area contributed by atoms with Crippen LogP contribution in [0.3, 0.4) is 0 Å². The molecule has 1 aliphatic rings. The number of allylic oxidation sites excluding steroid dienone is 1. The van der Waals surface area contributed by atoms with Crippen LogP contribution in [-0.4, -0.2) is 0 Å². The van der Waals surface area contributed by atoms with Crippen LogP contribution in [0.4, 0.5) is 0 Å². The minimum absolute atomic E-state index is 0.731. The zero-order chi connectivity index (χ0) is 10.5. The average molecular weight is 200 g/mol. The van der Waals surface area contributed by atoms with Gasteiger partial charge in [0.1, 0.15) is 0 Å². The largest absolute Gasteiger partial charge is 0.0996 e. The van der Waals surface area contributed by atoms with Crippen LogP contribution in [0.2, 0.25) is 0 Å². The third-order valence-electron chi connectivity index (χ3n) is 3.45. The van der Waals surface area contributed by atoms with Crippen molar-refractivity contribution in [1.82, 2.24) is 0 Å². The molecule has 15 heavy (non-hydrogen) atoms. The van der Waals surface area contributed by atoms with Crippen LogP contribution in [-0.2, 0) is 6.42 Å². The molecule has 0 nitrogen and oxygen atoms in total. The molecule has 1 saturated carbocycles. The monoisotopic (exact) mass is 200 g/mol. The van der Waals surface area contributed by atoms with Crippen LogP contribution in [0.1, 0.15) is 37.7 Å². The summed E-state index contributed by atoms with van der Waals surface area (Å²) >= 11 is 0. The summed E-state index contributed by atoms with van der Waals surface area (Å²) in [5, 5.41) is 0. The van der Waals surface area contributed by atoms with E-state index >= 15 is 0 Å². The summed E-state index contributed by atoms with van der Waals surface area (Å²) in [6, 6.07) is 10.8. The molecule has 0 spiro atoms. The molecule has 0 radical (unpaired) electrons. The summed E-state index contributed by atoms with van der Waals surface area (Å²) in [5.74, 6) is 0.731. The molecule has 0 bridgehead atoms. The molecule has 80 valence electrons. The highest BCUT2D eigenvalue weighted by atomic mass is 14.2. The topological polar surface area (TPSA) is 0 Å². The molecule has 1 aromatic rings. The second-order valence-electron chi connectivity index (χ2n) is 4.64. The van der Waals surface area contributed by atoms with E-state index in [1.807, 2.05) is 0 Å². The normalized spacial score (nSPS) is 22.4. The van der Waals surface area contributed by atoms with Gasteiger partial charge in [0.05, 0.1) is 0 Å². The van der Waals surface area contributed by atoms with E-state index in [0.717, 1.165) is 5.92 Å². The van der Waals surface area contributed by atoms with Crippen molar-refractivity contribution in [2.45, 2.75) is 38.5 Å². The van der Waals surface area contributed by atoms with Gasteiger partial charge in [-0.3, -0.25) is 0 Å². The molecule has 0 N–H and O–H groups in total. The van der Waals surface area contributed by atoms with Gasteiger partial charge in [0.25, 0.3) is 0 Å². The van der Waals surface area contributed by atoms with Crippen LogP contribution in [0, 0.1) is 5.92 Å². The first-order valence-electron chi connectivity index (χ1n) is 6.08. The molecule has 1 aromatic carbocycles. The molecule has 0 amide bonds. The van der Waals surface area contributed by atoms with Gasteiger partial charge in [-0.25, -0.2) is 0 Å². The van der Waals surface area contributed by atoms with Gasteiger partial charge in [0.2, 0.25) is 0 Å². The Balaban J connectivity index is 2.01. The smallest absolute Gasteiger partial charge is 0.0165 e. The predicted octanol–water partition coefficient (Wildman–Crippen LogP) is 4.37. The van der Waals surface area contributed by atoms with Crippen molar-refractivity contribution in [3.8, 4) is 0 Å². The van der Waals surface area contributed by atoms with E-state index in [1.165, 1.54) is 49.7 Å². The summed E-state index contributed by atoms with van der Waals surface area (Å²) in [5.41, 5.74) is 2.95. The van der Waals surface area contributed by atoms with Crippen LogP contribution < -0.4 is 0 Å². The van der Waals surface area contributed by atoms with Crippen molar-refractivity contribution in [3.63, 3.8) is 0 Å². The zero-order valence-corrected chi connectivity index (χ0v) is 9.41. The molecular formula is C15H20. The van der Waals surface area contributed by atoms with E-state index in [2.05, 4.69) is 36.9 Å².